The molecule has 4 N–H and O–H groups in total. The van der Waals surface area contributed by atoms with Crippen LogP contribution in [-0.4, -0.2) is 77.3 Å². The van der Waals surface area contributed by atoms with Crippen LogP contribution < -0.4 is 16.4 Å². The largest absolute Gasteiger partial charge is 0.379 e. The van der Waals surface area contributed by atoms with Crippen LogP contribution in [0.25, 0.3) is 0 Å². The van der Waals surface area contributed by atoms with Gasteiger partial charge in [-0.1, -0.05) is 12.1 Å². The average Bonchev–Trinajstić information content (AvgIpc) is 3.49. The number of nitrogens with zero attached hydrogens (tertiary/aromatic N) is 3. The number of carbonyl (C=O) groups excluding carboxylic acids is 1. The van der Waals surface area contributed by atoms with E-state index in [9.17, 15) is 9.18 Å². The van der Waals surface area contributed by atoms with Gasteiger partial charge in [-0.05, 0) is 48.8 Å². The molecular weight excluding hydrogens is 507 g/mol. The number of thioether (sulfide) groups is 1. The number of primary amides is 1. The van der Waals surface area contributed by atoms with Gasteiger partial charge in [0.15, 0.2) is 11.6 Å². The van der Waals surface area contributed by atoms with E-state index in [1.165, 1.54) is 0 Å². The Kier molecular flexibility index (Phi) is 7.69. The molecule has 38 heavy (non-hydrogen) atoms. The number of amides is 1. The third-order valence-electron chi connectivity index (χ3n) is 8.34. The number of halogens is 1. The molecule has 0 radical (unpaired) electrons. The highest BCUT2D eigenvalue weighted by Crippen LogP contribution is 2.54. The fraction of sp³-hybridized carbons (Fsp3) is 0.593. The Hall–Kier alpha value is -2.47. The topological polar surface area (TPSA) is 115 Å². The zero-order valence-corrected chi connectivity index (χ0v) is 22.2. The molecule has 2 saturated carbocycles. The van der Waals surface area contributed by atoms with Crippen molar-refractivity contribution in [3.05, 3.63) is 41.8 Å². The molecule has 6 rings (SSSR count). The molecule has 1 aromatic heterocycles. The van der Waals surface area contributed by atoms with E-state index in [0.29, 0.717) is 11.9 Å². The molecule has 1 saturated heterocycles. The Morgan fingerprint density at radius 2 is 2.16 bits per heavy atom. The van der Waals surface area contributed by atoms with Crippen molar-refractivity contribution in [3.63, 3.8) is 0 Å². The fourth-order valence-electron chi connectivity index (χ4n) is 6.52. The second kappa shape index (κ2) is 11.3. The molecule has 4 aliphatic rings. The number of benzene rings is 1. The number of hydrogen-bond acceptors (Lipinski definition) is 9. The number of ether oxygens (including phenoxy) is 2. The van der Waals surface area contributed by atoms with Gasteiger partial charge in [0.25, 0.3) is 0 Å². The second-order valence-corrected chi connectivity index (χ2v) is 11.9. The third-order valence-corrected chi connectivity index (χ3v) is 9.80. The highest BCUT2D eigenvalue weighted by Gasteiger charge is 2.55. The summed E-state index contributed by atoms with van der Waals surface area (Å²) < 4.78 is 26.7. The van der Waals surface area contributed by atoms with Crippen molar-refractivity contribution in [2.75, 3.05) is 55.8 Å². The van der Waals surface area contributed by atoms with Crippen molar-refractivity contribution >= 4 is 35.1 Å². The Balaban J connectivity index is 1.24. The van der Waals surface area contributed by atoms with Crippen LogP contribution in [0, 0.1) is 23.6 Å². The van der Waals surface area contributed by atoms with E-state index in [2.05, 4.69) is 37.6 Å². The van der Waals surface area contributed by atoms with Crippen LogP contribution >= 0.6 is 11.8 Å². The summed E-state index contributed by atoms with van der Waals surface area (Å²) in [4.78, 5) is 23.4. The fourth-order valence-corrected chi connectivity index (χ4v) is 8.14. The molecule has 0 spiro atoms. The Morgan fingerprint density at radius 1 is 1.29 bits per heavy atom. The molecule has 204 valence electrons. The molecule has 2 aromatic rings. The quantitative estimate of drug-likeness (QED) is 0.474. The van der Waals surface area contributed by atoms with Gasteiger partial charge in [0.2, 0.25) is 11.9 Å². The maximum absolute atomic E-state index is 14.7. The summed E-state index contributed by atoms with van der Waals surface area (Å²) in [5.41, 5.74) is 7.72. The van der Waals surface area contributed by atoms with Gasteiger partial charge in [-0.15, -0.1) is 0 Å². The molecule has 9 nitrogen and oxygen atoms in total. The first kappa shape index (κ1) is 25.8. The highest BCUT2D eigenvalue weighted by molar-refractivity contribution is 7.99. The van der Waals surface area contributed by atoms with Crippen LogP contribution in [0.5, 0.6) is 0 Å². The van der Waals surface area contributed by atoms with Crippen LogP contribution in [0.2, 0.25) is 0 Å². The minimum atomic E-state index is -0.544. The summed E-state index contributed by atoms with van der Waals surface area (Å²) in [5.74, 6) is 0.375. The lowest BCUT2D eigenvalue weighted by Gasteiger charge is -2.35. The molecule has 3 heterocycles. The average molecular weight is 543 g/mol. The van der Waals surface area contributed by atoms with Gasteiger partial charge >= 0.3 is 0 Å². The standard InChI is InChI=1S/C27H35FN6O3S/c28-20-14-30-27-31-18-4-1-3-16(11-18)21(37-8-2-5-34-6-9-36-10-7-34)15-38-22-13-17-12-19(22)24(23(17)25(29)35)32-26(20)33-27/h1,3-4,11,14,17,19,21-24H,2,5-10,12-13,15H2,(H2,29,35)(H2,30,31,32,33)/t17-,19+,21?,22+,23-,24+/m0/s1. The molecule has 1 aromatic carbocycles. The monoisotopic (exact) mass is 542 g/mol. The molecule has 6 bridgehead atoms. The van der Waals surface area contributed by atoms with Crippen molar-refractivity contribution < 1.29 is 18.7 Å². The number of rotatable bonds is 6. The Morgan fingerprint density at radius 3 is 3.00 bits per heavy atom. The van der Waals surface area contributed by atoms with Crippen LogP contribution in [0.15, 0.2) is 30.5 Å². The van der Waals surface area contributed by atoms with Gasteiger partial charge in [0.1, 0.15) is 0 Å². The van der Waals surface area contributed by atoms with E-state index in [0.717, 1.165) is 75.3 Å². The number of morpholine rings is 1. The summed E-state index contributed by atoms with van der Waals surface area (Å²) >= 11 is 1.90. The smallest absolute Gasteiger partial charge is 0.229 e. The van der Waals surface area contributed by atoms with E-state index < -0.39 is 5.82 Å². The molecule has 2 aliphatic carbocycles. The first-order valence-electron chi connectivity index (χ1n) is 13.5. The van der Waals surface area contributed by atoms with Crippen LogP contribution in [0.4, 0.5) is 21.8 Å². The lowest BCUT2D eigenvalue weighted by Crippen LogP contribution is -2.46. The number of nitrogens with two attached hydrogens (primary N) is 1. The summed E-state index contributed by atoms with van der Waals surface area (Å²) in [6, 6.07) is 7.83. The number of aromatic nitrogens is 2. The van der Waals surface area contributed by atoms with E-state index in [1.807, 2.05) is 23.9 Å². The first-order valence-corrected chi connectivity index (χ1v) is 14.6. The predicted molar refractivity (Wildman–Crippen MR) is 145 cm³/mol. The molecule has 11 heteroatoms. The lowest BCUT2D eigenvalue weighted by atomic mass is 9.83. The van der Waals surface area contributed by atoms with E-state index in [1.54, 1.807) is 0 Å². The van der Waals surface area contributed by atoms with Gasteiger partial charge in [-0.3, -0.25) is 9.69 Å². The Bertz CT molecular complexity index is 1150. The molecule has 1 unspecified atom stereocenters. The highest BCUT2D eigenvalue weighted by atomic mass is 32.2. The lowest BCUT2D eigenvalue weighted by molar-refractivity contribution is -0.123. The van der Waals surface area contributed by atoms with Crippen LogP contribution in [0.3, 0.4) is 0 Å². The number of anilines is 3. The van der Waals surface area contributed by atoms with Gasteiger partial charge in [-0.25, -0.2) is 9.37 Å². The number of fused-ring (bicyclic) bond motifs is 5. The van der Waals surface area contributed by atoms with Crippen molar-refractivity contribution in [2.45, 2.75) is 36.7 Å². The van der Waals surface area contributed by atoms with E-state index in [4.69, 9.17) is 15.2 Å². The van der Waals surface area contributed by atoms with Gasteiger partial charge < -0.3 is 25.8 Å². The van der Waals surface area contributed by atoms with Crippen molar-refractivity contribution in [1.29, 1.82) is 0 Å². The number of carbonyl (C=O) groups is 1. The van der Waals surface area contributed by atoms with Crippen molar-refractivity contribution in [3.8, 4) is 0 Å². The van der Waals surface area contributed by atoms with E-state index >= 15 is 0 Å². The normalized spacial score (nSPS) is 30.8. The molecule has 3 fully saturated rings. The zero-order chi connectivity index (χ0) is 26.1. The van der Waals surface area contributed by atoms with Gasteiger partial charge in [0.05, 0.1) is 31.4 Å². The molecule has 2 aliphatic heterocycles. The molecular formula is C27H35FN6O3S. The maximum Gasteiger partial charge on any atom is 0.229 e. The number of hydrogen-bond donors (Lipinski definition) is 3. The van der Waals surface area contributed by atoms with Crippen LogP contribution in [0.1, 0.15) is 30.9 Å². The summed E-state index contributed by atoms with van der Waals surface area (Å²) in [7, 11) is 0. The Labute approximate surface area is 226 Å². The maximum atomic E-state index is 14.7. The SMILES string of the molecule is NC(=O)[C@H]1[C@H]2C[C@H]3[C@H]1Nc1nc(ncc1F)Nc1cccc(c1)C(OCCCN1CCOCC1)CS[C@@H]3C2. The summed E-state index contributed by atoms with van der Waals surface area (Å²) in [6.45, 7) is 5.24. The minimum absolute atomic E-state index is 0.0726. The third kappa shape index (κ3) is 5.47. The molecule has 6 atom stereocenters. The minimum Gasteiger partial charge on any atom is -0.379 e. The first-order chi connectivity index (χ1) is 18.5. The summed E-state index contributed by atoms with van der Waals surface area (Å²) in [6.07, 6.45) is 3.89. The second-order valence-electron chi connectivity index (χ2n) is 10.7. The predicted octanol–water partition coefficient (Wildman–Crippen LogP) is 3.18. The summed E-state index contributed by atoms with van der Waals surface area (Å²) in [5, 5.41) is 6.80. The van der Waals surface area contributed by atoms with Crippen LogP contribution in [-0.2, 0) is 14.3 Å². The number of nitrogens with one attached hydrogen (secondary N) is 2. The van der Waals surface area contributed by atoms with Gasteiger partial charge in [0, 0.05) is 49.0 Å². The van der Waals surface area contributed by atoms with Gasteiger partial charge in [-0.2, -0.15) is 16.7 Å². The van der Waals surface area contributed by atoms with E-state index in [-0.39, 0.29) is 47.6 Å². The van der Waals surface area contributed by atoms with Crippen molar-refractivity contribution in [2.24, 2.45) is 23.5 Å². The van der Waals surface area contributed by atoms with Crippen molar-refractivity contribution in [1.82, 2.24) is 14.9 Å². The molecule has 1 amide bonds. The zero-order valence-electron chi connectivity index (χ0n) is 21.4.